The van der Waals surface area contributed by atoms with E-state index in [0.29, 0.717) is 6.42 Å². The van der Waals surface area contributed by atoms with Crippen molar-refractivity contribution in [1.82, 2.24) is 5.32 Å². The molecule has 0 saturated heterocycles. The Labute approximate surface area is 136 Å². The second kappa shape index (κ2) is 7.24. The van der Waals surface area contributed by atoms with Crippen molar-refractivity contribution in [2.75, 3.05) is 0 Å². The average Bonchev–Trinajstić information content (AvgIpc) is 2.52. The SMILES string of the molecule is CC(C)[C@H](NC(=O)C(N)Cc1cccc2ccccc12)C(N)=O. The number of benzene rings is 2. The van der Waals surface area contributed by atoms with Crippen molar-refractivity contribution in [2.24, 2.45) is 17.4 Å². The third kappa shape index (κ3) is 4.07. The lowest BCUT2D eigenvalue weighted by Crippen LogP contribution is -2.53. The summed E-state index contributed by atoms with van der Waals surface area (Å²) in [6.07, 6.45) is 0.400. The third-order valence-corrected chi connectivity index (χ3v) is 3.93. The second-order valence-corrected chi connectivity index (χ2v) is 6.08. The lowest BCUT2D eigenvalue weighted by Gasteiger charge is -2.21. The number of nitrogens with one attached hydrogen (secondary N) is 1. The van der Waals surface area contributed by atoms with E-state index in [1.165, 1.54) is 0 Å². The normalized spacial score (nSPS) is 13.7. The van der Waals surface area contributed by atoms with Gasteiger partial charge in [-0.15, -0.1) is 0 Å². The third-order valence-electron chi connectivity index (χ3n) is 3.93. The minimum absolute atomic E-state index is 0.0822. The van der Waals surface area contributed by atoms with Crippen molar-refractivity contribution in [3.8, 4) is 0 Å². The Morgan fingerprint density at radius 1 is 1.09 bits per heavy atom. The molecule has 5 nitrogen and oxygen atoms in total. The summed E-state index contributed by atoms with van der Waals surface area (Å²) in [4.78, 5) is 23.7. The Kier molecular flexibility index (Phi) is 5.34. The van der Waals surface area contributed by atoms with E-state index in [2.05, 4.69) is 5.32 Å². The maximum absolute atomic E-state index is 12.3. The Bertz CT molecular complexity index is 707. The Morgan fingerprint density at radius 2 is 1.74 bits per heavy atom. The molecule has 0 aromatic heterocycles. The van der Waals surface area contributed by atoms with Gasteiger partial charge in [-0.3, -0.25) is 9.59 Å². The van der Waals surface area contributed by atoms with E-state index in [1.807, 2.05) is 56.3 Å². The van der Waals surface area contributed by atoms with Crippen molar-refractivity contribution in [1.29, 1.82) is 0 Å². The van der Waals surface area contributed by atoms with Crippen LogP contribution in [-0.2, 0) is 16.0 Å². The van der Waals surface area contributed by atoms with Crippen LogP contribution in [0.15, 0.2) is 42.5 Å². The van der Waals surface area contributed by atoms with E-state index < -0.39 is 18.0 Å². The molecular formula is C18H23N3O2. The first-order chi connectivity index (χ1) is 10.9. The van der Waals surface area contributed by atoms with Gasteiger partial charge in [-0.1, -0.05) is 56.3 Å². The van der Waals surface area contributed by atoms with Crippen LogP contribution in [0.1, 0.15) is 19.4 Å². The number of rotatable bonds is 6. The maximum Gasteiger partial charge on any atom is 0.240 e. The molecule has 5 heteroatoms. The largest absolute Gasteiger partial charge is 0.368 e. The molecule has 0 aliphatic heterocycles. The molecule has 0 bridgehead atoms. The van der Waals surface area contributed by atoms with E-state index >= 15 is 0 Å². The molecule has 0 aliphatic carbocycles. The molecule has 0 spiro atoms. The summed E-state index contributed by atoms with van der Waals surface area (Å²) < 4.78 is 0. The van der Waals surface area contributed by atoms with Crippen LogP contribution in [0.5, 0.6) is 0 Å². The standard InChI is InChI=1S/C18H23N3O2/c1-11(2)16(17(20)22)21-18(23)15(19)10-13-8-5-7-12-6-3-4-9-14(12)13/h3-9,11,15-16H,10,19H2,1-2H3,(H2,20,22)(H,21,23)/t15?,16-/m0/s1. The van der Waals surface area contributed by atoms with Crippen LogP contribution in [0.25, 0.3) is 10.8 Å². The highest BCUT2D eigenvalue weighted by Crippen LogP contribution is 2.19. The lowest BCUT2D eigenvalue weighted by atomic mass is 9.98. The molecule has 2 atom stereocenters. The number of nitrogens with two attached hydrogens (primary N) is 2. The van der Waals surface area contributed by atoms with Crippen molar-refractivity contribution in [3.63, 3.8) is 0 Å². The smallest absolute Gasteiger partial charge is 0.240 e. The molecule has 23 heavy (non-hydrogen) atoms. The molecule has 0 fully saturated rings. The minimum atomic E-state index is -0.735. The molecule has 122 valence electrons. The fourth-order valence-electron chi connectivity index (χ4n) is 2.63. The van der Waals surface area contributed by atoms with Gasteiger partial charge in [0.25, 0.3) is 0 Å². The van der Waals surface area contributed by atoms with Crippen LogP contribution in [0.4, 0.5) is 0 Å². The number of amides is 2. The molecular weight excluding hydrogens is 290 g/mol. The summed E-state index contributed by atoms with van der Waals surface area (Å²) in [5.41, 5.74) is 12.3. The van der Waals surface area contributed by atoms with Gasteiger partial charge < -0.3 is 16.8 Å². The van der Waals surface area contributed by atoms with E-state index in [9.17, 15) is 9.59 Å². The quantitative estimate of drug-likeness (QED) is 0.750. The molecule has 0 radical (unpaired) electrons. The van der Waals surface area contributed by atoms with Crippen molar-refractivity contribution in [3.05, 3.63) is 48.0 Å². The highest BCUT2D eigenvalue weighted by atomic mass is 16.2. The summed E-state index contributed by atoms with van der Waals surface area (Å²) >= 11 is 0. The lowest BCUT2D eigenvalue weighted by molar-refractivity contribution is -0.129. The van der Waals surface area contributed by atoms with Gasteiger partial charge in [-0.2, -0.15) is 0 Å². The predicted octanol–water partition coefficient (Wildman–Crippen LogP) is 1.34. The van der Waals surface area contributed by atoms with Gasteiger partial charge in [-0.05, 0) is 28.7 Å². The van der Waals surface area contributed by atoms with E-state index in [0.717, 1.165) is 16.3 Å². The topological polar surface area (TPSA) is 98.2 Å². The molecule has 5 N–H and O–H groups in total. The fourth-order valence-corrected chi connectivity index (χ4v) is 2.63. The number of carbonyl (C=O) groups excluding carboxylic acids is 2. The van der Waals surface area contributed by atoms with Gasteiger partial charge in [-0.25, -0.2) is 0 Å². The first-order valence-electron chi connectivity index (χ1n) is 7.72. The predicted molar refractivity (Wildman–Crippen MR) is 91.6 cm³/mol. The number of primary amides is 1. The van der Waals surface area contributed by atoms with E-state index in [-0.39, 0.29) is 11.8 Å². The molecule has 2 aromatic carbocycles. The van der Waals surface area contributed by atoms with Crippen molar-refractivity contribution in [2.45, 2.75) is 32.4 Å². The molecule has 2 aromatic rings. The summed E-state index contributed by atoms with van der Waals surface area (Å²) in [5.74, 6) is -0.998. The first-order valence-corrected chi connectivity index (χ1v) is 7.72. The number of fused-ring (bicyclic) bond motifs is 1. The molecule has 0 saturated carbocycles. The Hall–Kier alpha value is -2.40. The summed E-state index contributed by atoms with van der Waals surface area (Å²) in [6.45, 7) is 3.65. The number of carbonyl (C=O) groups is 2. The van der Waals surface area contributed by atoms with Gasteiger partial charge >= 0.3 is 0 Å². The van der Waals surface area contributed by atoms with Crippen LogP contribution < -0.4 is 16.8 Å². The summed E-state index contributed by atoms with van der Waals surface area (Å²) in [6, 6.07) is 12.4. The molecule has 2 amide bonds. The zero-order chi connectivity index (χ0) is 17.0. The second-order valence-electron chi connectivity index (χ2n) is 6.08. The maximum atomic E-state index is 12.3. The molecule has 1 unspecified atom stereocenters. The highest BCUT2D eigenvalue weighted by molar-refractivity contribution is 5.90. The molecule has 0 aliphatic rings. The summed E-state index contributed by atoms with van der Waals surface area (Å²) in [5, 5.41) is 4.83. The Morgan fingerprint density at radius 3 is 2.39 bits per heavy atom. The Balaban J connectivity index is 2.13. The van der Waals surface area contributed by atoms with Gasteiger partial charge in [0.2, 0.25) is 11.8 Å². The average molecular weight is 313 g/mol. The number of hydrogen-bond acceptors (Lipinski definition) is 3. The zero-order valence-corrected chi connectivity index (χ0v) is 13.5. The van der Waals surface area contributed by atoms with Gasteiger partial charge in [0.1, 0.15) is 6.04 Å². The molecule has 2 rings (SSSR count). The van der Waals surface area contributed by atoms with Crippen molar-refractivity contribution >= 4 is 22.6 Å². The first kappa shape index (κ1) is 17.0. The summed E-state index contributed by atoms with van der Waals surface area (Å²) in [7, 11) is 0. The highest BCUT2D eigenvalue weighted by Gasteiger charge is 2.24. The molecule has 0 heterocycles. The minimum Gasteiger partial charge on any atom is -0.368 e. The van der Waals surface area contributed by atoms with Crippen molar-refractivity contribution < 1.29 is 9.59 Å². The van der Waals surface area contributed by atoms with Crippen LogP contribution in [0.3, 0.4) is 0 Å². The van der Waals surface area contributed by atoms with Gasteiger partial charge in [0, 0.05) is 0 Å². The van der Waals surface area contributed by atoms with Crippen LogP contribution in [0, 0.1) is 5.92 Å². The van der Waals surface area contributed by atoms with Crippen LogP contribution in [-0.4, -0.2) is 23.9 Å². The van der Waals surface area contributed by atoms with Crippen LogP contribution in [0.2, 0.25) is 0 Å². The fraction of sp³-hybridized carbons (Fsp3) is 0.333. The van der Waals surface area contributed by atoms with E-state index in [1.54, 1.807) is 0 Å². The van der Waals surface area contributed by atoms with Gasteiger partial charge in [0.15, 0.2) is 0 Å². The monoisotopic (exact) mass is 313 g/mol. The van der Waals surface area contributed by atoms with E-state index in [4.69, 9.17) is 11.5 Å². The zero-order valence-electron chi connectivity index (χ0n) is 13.5. The van der Waals surface area contributed by atoms with Gasteiger partial charge in [0.05, 0.1) is 6.04 Å². The number of hydrogen-bond donors (Lipinski definition) is 3. The van der Waals surface area contributed by atoms with Crippen LogP contribution >= 0.6 is 0 Å².